The number of carbonyl (C=O) groups excluding carboxylic acids is 2. The second-order valence-corrected chi connectivity index (χ2v) is 5.56. The van der Waals surface area contributed by atoms with Gasteiger partial charge in [0, 0.05) is 18.0 Å². The zero-order chi connectivity index (χ0) is 19.4. The predicted molar refractivity (Wildman–Crippen MR) is 92.3 cm³/mol. The third-order valence-corrected chi connectivity index (χ3v) is 3.60. The highest BCUT2D eigenvalue weighted by atomic mass is 19.4. The van der Waals surface area contributed by atoms with Crippen LogP contribution < -0.4 is 10.6 Å². The van der Waals surface area contributed by atoms with Crippen LogP contribution in [0, 0.1) is 0 Å². The molecule has 0 radical (unpaired) electrons. The van der Waals surface area contributed by atoms with E-state index in [1.54, 1.807) is 23.5 Å². The number of rotatable bonds is 4. The van der Waals surface area contributed by atoms with Gasteiger partial charge in [-0.2, -0.15) is 13.2 Å². The van der Waals surface area contributed by atoms with E-state index in [9.17, 15) is 22.8 Å². The molecule has 0 unspecified atom stereocenters. The van der Waals surface area contributed by atoms with Crippen molar-refractivity contribution in [3.63, 3.8) is 0 Å². The van der Waals surface area contributed by atoms with Gasteiger partial charge in [0.2, 0.25) is 0 Å². The van der Waals surface area contributed by atoms with E-state index >= 15 is 0 Å². The Kier molecular flexibility index (Phi) is 5.02. The zero-order valence-electron chi connectivity index (χ0n) is 13.7. The second-order valence-electron chi connectivity index (χ2n) is 5.56. The van der Waals surface area contributed by atoms with Gasteiger partial charge in [0.05, 0.1) is 22.3 Å². The van der Waals surface area contributed by atoms with Crippen molar-refractivity contribution in [2.45, 2.75) is 6.18 Å². The molecule has 138 valence electrons. The lowest BCUT2D eigenvalue weighted by atomic mass is 10.1. The average molecular weight is 374 g/mol. The van der Waals surface area contributed by atoms with Crippen molar-refractivity contribution in [1.82, 2.24) is 15.3 Å². The molecule has 2 N–H and O–H groups in total. The number of benzene rings is 2. The summed E-state index contributed by atoms with van der Waals surface area (Å²) in [5.41, 5.74) is 1.42. The molecule has 0 aliphatic rings. The average Bonchev–Trinajstić information content (AvgIpc) is 2.65. The van der Waals surface area contributed by atoms with Crippen LogP contribution in [0.25, 0.3) is 11.0 Å². The molecule has 0 fully saturated rings. The van der Waals surface area contributed by atoms with Gasteiger partial charge >= 0.3 is 6.18 Å². The zero-order valence-corrected chi connectivity index (χ0v) is 13.7. The molecule has 1 aromatic heterocycles. The van der Waals surface area contributed by atoms with Crippen LogP contribution in [-0.2, 0) is 0 Å². The molecule has 1 heterocycles. The minimum atomic E-state index is -4.53. The maximum Gasteiger partial charge on any atom is 0.405 e. The van der Waals surface area contributed by atoms with Crippen molar-refractivity contribution in [2.24, 2.45) is 0 Å². The van der Waals surface area contributed by atoms with Gasteiger partial charge in [-0.1, -0.05) is 12.1 Å². The maximum atomic E-state index is 12.5. The van der Waals surface area contributed by atoms with Crippen LogP contribution in [0.3, 0.4) is 0 Å². The SMILES string of the molecule is O=C(Nc1ccccc1C(=O)NCC(F)(F)F)c1ccc2nccnc2c1. The smallest absolute Gasteiger partial charge is 0.343 e. The minimum Gasteiger partial charge on any atom is -0.343 e. The molecule has 3 aromatic rings. The number of aromatic nitrogens is 2. The van der Waals surface area contributed by atoms with E-state index in [0.717, 1.165) is 0 Å². The number of alkyl halides is 3. The van der Waals surface area contributed by atoms with Gasteiger partial charge in [0.15, 0.2) is 0 Å². The minimum absolute atomic E-state index is 0.0734. The summed E-state index contributed by atoms with van der Waals surface area (Å²) in [5, 5.41) is 4.32. The standard InChI is InChI=1S/C18H13F3N4O2/c19-18(20,21)10-24-17(27)12-3-1-2-4-13(12)25-16(26)11-5-6-14-15(9-11)23-8-7-22-14/h1-9H,10H2,(H,24,27)(H,25,26). The highest BCUT2D eigenvalue weighted by Crippen LogP contribution is 2.19. The molecule has 2 amide bonds. The third kappa shape index (κ3) is 4.57. The van der Waals surface area contributed by atoms with Crippen LogP contribution in [0.5, 0.6) is 0 Å². The predicted octanol–water partition coefficient (Wildman–Crippen LogP) is 3.17. The number of nitrogens with one attached hydrogen (secondary N) is 2. The monoisotopic (exact) mass is 374 g/mol. The van der Waals surface area contributed by atoms with Crippen molar-refractivity contribution in [3.05, 3.63) is 66.0 Å². The second kappa shape index (κ2) is 7.40. The fourth-order valence-electron chi connectivity index (χ4n) is 2.36. The Morgan fingerprint density at radius 1 is 0.926 bits per heavy atom. The lowest BCUT2D eigenvalue weighted by molar-refractivity contribution is -0.123. The summed E-state index contributed by atoms with van der Waals surface area (Å²) < 4.78 is 36.9. The van der Waals surface area contributed by atoms with Crippen molar-refractivity contribution in [3.8, 4) is 0 Å². The summed E-state index contributed by atoms with van der Waals surface area (Å²) in [5.74, 6) is -1.47. The largest absolute Gasteiger partial charge is 0.405 e. The number of hydrogen-bond acceptors (Lipinski definition) is 4. The summed E-state index contributed by atoms with van der Waals surface area (Å²) in [4.78, 5) is 32.7. The summed E-state index contributed by atoms with van der Waals surface area (Å²) in [6.07, 6.45) is -1.51. The van der Waals surface area contributed by atoms with E-state index in [4.69, 9.17) is 0 Å². The van der Waals surface area contributed by atoms with Gasteiger partial charge in [0.1, 0.15) is 6.54 Å². The van der Waals surface area contributed by atoms with Gasteiger partial charge in [-0.05, 0) is 30.3 Å². The molecule has 0 aliphatic heterocycles. The summed E-state index contributed by atoms with van der Waals surface area (Å²) in [6, 6.07) is 10.5. The van der Waals surface area contributed by atoms with Gasteiger partial charge < -0.3 is 10.6 Å². The number of carbonyl (C=O) groups is 2. The van der Waals surface area contributed by atoms with Crippen LogP contribution in [-0.4, -0.2) is 34.5 Å². The number of anilines is 1. The van der Waals surface area contributed by atoms with Gasteiger partial charge in [-0.3, -0.25) is 19.6 Å². The molecule has 6 nitrogen and oxygen atoms in total. The van der Waals surface area contributed by atoms with E-state index in [1.165, 1.54) is 36.7 Å². The van der Waals surface area contributed by atoms with Crippen LogP contribution >= 0.6 is 0 Å². The maximum absolute atomic E-state index is 12.5. The van der Waals surface area contributed by atoms with Crippen LogP contribution in [0.1, 0.15) is 20.7 Å². The van der Waals surface area contributed by atoms with Gasteiger partial charge in [-0.15, -0.1) is 0 Å². The Labute approximate surface area is 151 Å². The summed E-state index contributed by atoms with van der Waals surface area (Å²) >= 11 is 0. The summed E-state index contributed by atoms with van der Waals surface area (Å²) in [6.45, 7) is -1.46. The normalized spacial score (nSPS) is 11.2. The fourth-order valence-corrected chi connectivity index (χ4v) is 2.36. The van der Waals surface area contributed by atoms with Crippen LogP contribution in [0.15, 0.2) is 54.9 Å². The van der Waals surface area contributed by atoms with E-state index in [2.05, 4.69) is 15.3 Å². The highest BCUT2D eigenvalue weighted by Gasteiger charge is 2.28. The molecular formula is C18H13F3N4O2. The van der Waals surface area contributed by atoms with E-state index < -0.39 is 24.5 Å². The quantitative estimate of drug-likeness (QED) is 0.735. The number of hydrogen-bond donors (Lipinski definition) is 2. The molecule has 3 rings (SSSR count). The first-order valence-corrected chi connectivity index (χ1v) is 7.79. The Morgan fingerprint density at radius 3 is 2.37 bits per heavy atom. The van der Waals surface area contributed by atoms with Crippen LogP contribution in [0.4, 0.5) is 18.9 Å². The number of amides is 2. The first-order chi connectivity index (χ1) is 12.8. The number of para-hydroxylation sites is 1. The first kappa shape index (κ1) is 18.3. The third-order valence-electron chi connectivity index (χ3n) is 3.60. The van der Waals surface area contributed by atoms with Crippen LogP contribution in [0.2, 0.25) is 0 Å². The Morgan fingerprint density at radius 2 is 1.63 bits per heavy atom. The van der Waals surface area contributed by atoms with E-state index in [1.807, 2.05) is 0 Å². The van der Waals surface area contributed by atoms with Gasteiger partial charge in [-0.25, -0.2) is 0 Å². The molecule has 0 bridgehead atoms. The molecule has 0 spiro atoms. The molecule has 27 heavy (non-hydrogen) atoms. The Hall–Kier alpha value is -3.49. The van der Waals surface area contributed by atoms with Gasteiger partial charge in [0.25, 0.3) is 11.8 Å². The Balaban J connectivity index is 1.80. The molecule has 2 aromatic carbocycles. The number of fused-ring (bicyclic) bond motifs is 1. The van der Waals surface area contributed by atoms with Crippen molar-refractivity contribution in [2.75, 3.05) is 11.9 Å². The lowest BCUT2D eigenvalue weighted by Crippen LogP contribution is -2.34. The molecular weight excluding hydrogens is 361 g/mol. The lowest BCUT2D eigenvalue weighted by Gasteiger charge is -2.12. The molecule has 0 saturated carbocycles. The topological polar surface area (TPSA) is 84.0 Å². The van der Waals surface area contributed by atoms with Crippen molar-refractivity contribution < 1.29 is 22.8 Å². The number of nitrogens with zero attached hydrogens (tertiary/aromatic N) is 2. The number of halogens is 3. The Bertz CT molecular complexity index is 1010. The highest BCUT2D eigenvalue weighted by molar-refractivity contribution is 6.09. The molecule has 9 heteroatoms. The van der Waals surface area contributed by atoms with E-state index in [0.29, 0.717) is 11.0 Å². The molecule has 0 saturated heterocycles. The van der Waals surface area contributed by atoms with Crippen molar-refractivity contribution >= 4 is 28.5 Å². The molecule has 0 aliphatic carbocycles. The summed E-state index contributed by atoms with van der Waals surface area (Å²) in [7, 11) is 0. The van der Waals surface area contributed by atoms with Crippen molar-refractivity contribution in [1.29, 1.82) is 0 Å². The first-order valence-electron chi connectivity index (χ1n) is 7.79. The fraction of sp³-hybridized carbons (Fsp3) is 0.111. The van der Waals surface area contributed by atoms with E-state index in [-0.39, 0.29) is 16.8 Å². The molecule has 0 atom stereocenters.